The zero-order chi connectivity index (χ0) is 20.8. The van der Waals surface area contributed by atoms with Gasteiger partial charge in [-0.05, 0) is 42.7 Å². The second-order valence-electron chi connectivity index (χ2n) is 7.34. The number of nitrogens with zero attached hydrogens (tertiary/aromatic N) is 4. The molecule has 0 radical (unpaired) electrons. The number of pyridine rings is 1. The van der Waals surface area contributed by atoms with Gasteiger partial charge in [-0.25, -0.2) is 9.07 Å². The van der Waals surface area contributed by atoms with Gasteiger partial charge in [0.1, 0.15) is 11.6 Å². The molecular weight excluding hydrogens is 381 g/mol. The lowest BCUT2D eigenvalue weighted by Gasteiger charge is -2.32. The number of carbonyl (C=O) groups is 1. The zero-order valence-electron chi connectivity index (χ0n) is 16.6. The lowest BCUT2D eigenvalue weighted by molar-refractivity contribution is 0.102. The van der Waals surface area contributed by atoms with Crippen molar-refractivity contribution in [2.45, 2.75) is 18.9 Å². The van der Waals surface area contributed by atoms with E-state index in [9.17, 15) is 9.18 Å². The number of hydrogen-bond acceptors (Lipinski definition) is 4. The first kappa shape index (κ1) is 20.0. The van der Waals surface area contributed by atoms with Gasteiger partial charge in [-0.1, -0.05) is 24.3 Å². The van der Waals surface area contributed by atoms with Crippen molar-refractivity contribution in [1.29, 1.82) is 0 Å². The molecule has 1 amide bonds. The number of benzene rings is 1. The van der Waals surface area contributed by atoms with E-state index in [0.29, 0.717) is 11.4 Å². The Kier molecular flexibility index (Phi) is 6.29. The molecule has 7 heteroatoms. The van der Waals surface area contributed by atoms with E-state index in [1.54, 1.807) is 42.9 Å². The predicted octanol–water partition coefficient (Wildman–Crippen LogP) is 4.02. The second-order valence-corrected chi connectivity index (χ2v) is 7.34. The van der Waals surface area contributed by atoms with Crippen LogP contribution in [0.3, 0.4) is 0 Å². The summed E-state index contributed by atoms with van der Waals surface area (Å²) in [7, 11) is 0. The summed E-state index contributed by atoms with van der Waals surface area (Å²) in [4.78, 5) is 18.8. The van der Waals surface area contributed by atoms with Crippen LogP contribution >= 0.6 is 0 Å². The van der Waals surface area contributed by atoms with Crippen molar-refractivity contribution in [1.82, 2.24) is 19.7 Å². The molecule has 0 bridgehead atoms. The molecule has 0 aliphatic carbocycles. The lowest BCUT2D eigenvalue weighted by Crippen LogP contribution is -2.35. The predicted molar refractivity (Wildman–Crippen MR) is 115 cm³/mol. The van der Waals surface area contributed by atoms with Crippen LogP contribution < -0.4 is 5.32 Å². The highest BCUT2D eigenvalue weighted by Crippen LogP contribution is 2.25. The summed E-state index contributed by atoms with van der Waals surface area (Å²) in [5.74, 6) is 0.301. The summed E-state index contributed by atoms with van der Waals surface area (Å²) >= 11 is 0. The number of hydrogen-bond donors (Lipinski definition) is 1. The Labute approximate surface area is 175 Å². The van der Waals surface area contributed by atoms with Crippen LogP contribution in [0.5, 0.6) is 0 Å². The number of piperidine rings is 1. The van der Waals surface area contributed by atoms with Gasteiger partial charge in [0, 0.05) is 38.1 Å². The molecule has 0 atom stereocenters. The number of rotatable bonds is 6. The van der Waals surface area contributed by atoms with Crippen LogP contribution in [0.25, 0.3) is 6.08 Å². The molecule has 0 unspecified atom stereocenters. The third-order valence-electron chi connectivity index (χ3n) is 5.28. The van der Waals surface area contributed by atoms with Crippen LogP contribution in [0, 0.1) is 5.82 Å². The van der Waals surface area contributed by atoms with E-state index in [1.165, 1.54) is 12.1 Å². The molecule has 1 fully saturated rings. The van der Waals surface area contributed by atoms with Crippen molar-refractivity contribution in [3.05, 3.63) is 84.1 Å². The van der Waals surface area contributed by atoms with Crippen molar-refractivity contribution >= 4 is 17.8 Å². The quantitative estimate of drug-likeness (QED) is 0.673. The van der Waals surface area contributed by atoms with Gasteiger partial charge in [-0.3, -0.25) is 14.7 Å². The van der Waals surface area contributed by atoms with Crippen molar-refractivity contribution in [2.75, 3.05) is 25.0 Å². The Morgan fingerprint density at radius 3 is 2.67 bits per heavy atom. The smallest absolute Gasteiger partial charge is 0.258 e. The Balaban J connectivity index is 1.30. The number of amides is 1. The van der Waals surface area contributed by atoms with Crippen molar-refractivity contribution < 1.29 is 9.18 Å². The summed E-state index contributed by atoms with van der Waals surface area (Å²) in [5.41, 5.74) is 1.52. The summed E-state index contributed by atoms with van der Waals surface area (Å²) in [6, 6.07) is 12.1. The summed E-state index contributed by atoms with van der Waals surface area (Å²) in [6.45, 7) is 2.76. The first-order valence-corrected chi connectivity index (χ1v) is 10.1. The van der Waals surface area contributed by atoms with Crippen LogP contribution in [0.4, 0.5) is 10.2 Å². The minimum atomic E-state index is -0.219. The van der Waals surface area contributed by atoms with Gasteiger partial charge in [0.25, 0.3) is 5.91 Å². The minimum Gasteiger partial charge on any atom is -0.307 e. The molecule has 1 aromatic carbocycles. The van der Waals surface area contributed by atoms with Gasteiger partial charge in [-0.15, -0.1) is 0 Å². The lowest BCUT2D eigenvalue weighted by atomic mass is 10.1. The number of halogens is 1. The van der Waals surface area contributed by atoms with Gasteiger partial charge < -0.3 is 5.32 Å². The van der Waals surface area contributed by atoms with E-state index in [-0.39, 0.29) is 17.8 Å². The largest absolute Gasteiger partial charge is 0.307 e. The normalized spacial score (nSPS) is 15.5. The molecule has 3 aromatic rings. The molecular formula is C23H24FN5O. The maximum absolute atomic E-state index is 13.0. The SMILES string of the molecule is O=C(Nc1ccnn1C1CCN(CC=Cc2ccc(F)cc2)CC1)c1cccnc1. The Morgan fingerprint density at radius 2 is 1.93 bits per heavy atom. The summed E-state index contributed by atoms with van der Waals surface area (Å²) in [6.07, 6.45) is 11.0. The molecule has 30 heavy (non-hydrogen) atoms. The number of anilines is 1. The summed E-state index contributed by atoms with van der Waals surface area (Å²) in [5, 5.41) is 7.39. The minimum absolute atomic E-state index is 0.187. The summed E-state index contributed by atoms with van der Waals surface area (Å²) < 4.78 is 14.9. The molecule has 1 saturated heterocycles. The van der Waals surface area contributed by atoms with Crippen LogP contribution in [-0.4, -0.2) is 45.2 Å². The van der Waals surface area contributed by atoms with Crippen molar-refractivity contribution in [3.63, 3.8) is 0 Å². The fourth-order valence-corrected chi connectivity index (χ4v) is 3.65. The molecule has 2 aromatic heterocycles. The van der Waals surface area contributed by atoms with Crippen LogP contribution in [-0.2, 0) is 0 Å². The third kappa shape index (κ3) is 4.99. The van der Waals surface area contributed by atoms with Crippen LogP contribution in [0.1, 0.15) is 34.8 Å². The molecule has 0 spiro atoms. The van der Waals surface area contributed by atoms with Crippen molar-refractivity contribution in [2.24, 2.45) is 0 Å². The third-order valence-corrected chi connectivity index (χ3v) is 5.28. The highest BCUT2D eigenvalue weighted by Gasteiger charge is 2.22. The number of nitrogens with one attached hydrogen (secondary N) is 1. The first-order chi connectivity index (χ1) is 14.7. The zero-order valence-corrected chi connectivity index (χ0v) is 16.6. The highest BCUT2D eigenvalue weighted by atomic mass is 19.1. The molecule has 6 nitrogen and oxygen atoms in total. The standard InChI is InChI=1S/C23H24FN5O/c24-20-7-5-18(6-8-20)3-2-14-28-15-10-21(11-16-28)29-22(9-13-26-29)27-23(30)19-4-1-12-25-17-19/h1-9,12-13,17,21H,10-11,14-16H2,(H,27,30). The fourth-order valence-electron chi connectivity index (χ4n) is 3.65. The van der Waals surface area contributed by atoms with E-state index in [4.69, 9.17) is 0 Å². The van der Waals surface area contributed by atoms with Crippen molar-refractivity contribution in [3.8, 4) is 0 Å². The van der Waals surface area contributed by atoms with Gasteiger partial charge in [0.05, 0.1) is 17.8 Å². The average Bonchev–Trinajstić information content (AvgIpc) is 3.24. The Hall–Kier alpha value is -3.32. The van der Waals surface area contributed by atoms with E-state index in [1.807, 2.05) is 16.8 Å². The Morgan fingerprint density at radius 1 is 1.13 bits per heavy atom. The molecule has 1 aliphatic heterocycles. The second kappa shape index (κ2) is 9.45. The van der Waals surface area contributed by atoms with Gasteiger partial charge in [0.2, 0.25) is 0 Å². The van der Waals surface area contributed by atoms with E-state index >= 15 is 0 Å². The molecule has 1 N–H and O–H groups in total. The molecule has 154 valence electrons. The van der Waals surface area contributed by atoms with E-state index < -0.39 is 0 Å². The maximum Gasteiger partial charge on any atom is 0.258 e. The Bertz CT molecular complexity index is 992. The van der Waals surface area contributed by atoms with E-state index in [2.05, 4.69) is 26.4 Å². The topological polar surface area (TPSA) is 63.1 Å². The molecule has 3 heterocycles. The molecule has 4 rings (SSSR count). The number of likely N-dealkylation sites (tertiary alicyclic amines) is 1. The van der Waals surface area contributed by atoms with Crippen LogP contribution in [0.15, 0.2) is 67.1 Å². The number of aromatic nitrogens is 3. The molecule has 0 saturated carbocycles. The van der Waals surface area contributed by atoms with E-state index in [0.717, 1.165) is 38.0 Å². The van der Waals surface area contributed by atoms with Gasteiger partial charge in [0.15, 0.2) is 0 Å². The maximum atomic E-state index is 13.0. The number of carbonyl (C=O) groups excluding carboxylic acids is 1. The molecule has 1 aliphatic rings. The first-order valence-electron chi connectivity index (χ1n) is 10.1. The monoisotopic (exact) mass is 405 g/mol. The van der Waals surface area contributed by atoms with Gasteiger partial charge >= 0.3 is 0 Å². The van der Waals surface area contributed by atoms with Gasteiger partial charge in [-0.2, -0.15) is 5.10 Å². The average molecular weight is 405 g/mol. The van der Waals surface area contributed by atoms with Crippen LogP contribution in [0.2, 0.25) is 0 Å². The highest BCUT2D eigenvalue weighted by molar-refractivity contribution is 6.03. The fraction of sp³-hybridized carbons (Fsp3) is 0.261.